The molecule has 0 saturated heterocycles. The number of unbranched alkanes of at least 4 members (excludes halogenated alkanes) is 1. The van der Waals surface area contributed by atoms with Crippen LogP contribution in [0.3, 0.4) is 0 Å². The van der Waals surface area contributed by atoms with Gasteiger partial charge in [0.2, 0.25) is 0 Å². The maximum atomic E-state index is 3.30. The van der Waals surface area contributed by atoms with Gasteiger partial charge in [-0.2, -0.15) is 6.08 Å². The van der Waals surface area contributed by atoms with Crippen molar-refractivity contribution < 1.29 is 46.5 Å². The number of hydrogen-bond donors (Lipinski definition) is 0. The van der Waals surface area contributed by atoms with Crippen LogP contribution < -0.4 is 24.8 Å². The van der Waals surface area contributed by atoms with Gasteiger partial charge in [-0.1, -0.05) is 32.6 Å². The van der Waals surface area contributed by atoms with Crippen LogP contribution in [0.1, 0.15) is 39.5 Å². The van der Waals surface area contributed by atoms with Crippen LogP contribution in [0.5, 0.6) is 0 Å². The minimum Gasteiger partial charge on any atom is -1.00 e. The molecule has 3 heteroatoms. The summed E-state index contributed by atoms with van der Waals surface area (Å²) in [5, 5.41) is 0. The second-order valence-electron chi connectivity index (χ2n) is 2.92. The van der Waals surface area contributed by atoms with Gasteiger partial charge < -0.3 is 24.8 Å². The van der Waals surface area contributed by atoms with Crippen molar-refractivity contribution in [3.05, 3.63) is 23.3 Å². The van der Waals surface area contributed by atoms with E-state index in [0.717, 1.165) is 6.42 Å². The van der Waals surface area contributed by atoms with Crippen molar-refractivity contribution in [2.24, 2.45) is 0 Å². The second-order valence-corrected chi connectivity index (χ2v) is 2.92. The fourth-order valence-corrected chi connectivity index (χ4v) is 1.21. The maximum Gasteiger partial charge on any atom is 3.00 e. The fourth-order valence-electron chi connectivity index (χ4n) is 1.21. The first-order valence-corrected chi connectivity index (χ1v) is 4.11. The molecule has 1 rings (SSSR count). The van der Waals surface area contributed by atoms with E-state index in [0.29, 0.717) is 0 Å². The van der Waals surface area contributed by atoms with Gasteiger partial charge in [-0.25, -0.2) is 11.1 Å². The van der Waals surface area contributed by atoms with Gasteiger partial charge in [-0.3, -0.25) is 6.08 Å². The van der Waals surface area contributed by atoms with Crippen molar-refractivity contribution >= 4 is 0 Å². The number of hydrogen-bond acceptors (Lipinski definition) is 0. The standard InChI is InChI=1S/C10H15.2ClH.Ti/c1-3-4-7-10-8-5-6-9(10)2;;;/h5H,3-4,6-7H2,1-2H3;2*1H;/q-1;;;+3/p-2. The molecule has 0 amide bonds. The van der Waals surface area contributed by atoms with Crippen LogP contribution in [0.15, 0.2) is 17.2 Å². The van der Waals surface area contributed by atoms with Gasteiger partial charge in [0, 0.05) is 0 Å². The summed E-state index contributed by atoms with van der Waals surface area (Å²) in [6, 6.07) is 0. The summed E-state index contributed by atoms with van der Waals surface area (Å²) in [5.41, 5.74) is 2.98. The Labute approximate surface area is 109 Å². The molecule has 13 heavy (non-hydrogen) atoms. The van der Waals surface area contributed by atoms with Gasteiger partial charge >= 0.3 is 21.7 Å². The van der Waals surface area contributed by atoms with E-state index in [2.05, 4.69) is 26.0 Å². The van der Waals surface area contributed by atoms with Crippen molar-refractivity contribution in [1.29, 1.82) is 0 Å². The summed E-state index contributed by atoms with van der Waals surface area (Å²) in [6.45, 7) is 4.44. The SMILES string of the molecule is CCCCC1=C(C)CC=[C-]1.[Cl-].[Cl-].[Ti+3]. The Morgan fingerprint density at radius 1 is 1.38 bits per heavy atom. The van der Waals surface area contributed by atoms with Crippen LogP contribution in [0.4, 0.5) is 0 Å². The average Bonchev–Trinajstić information content (AvgIpc) is 2.31. The smallest absolute Gasteiger partial charge is 1.00 e. The quantitative estimate of drug-likeness (QED) is 0.379. The number of rotatable bonds is 3. The van der Waals surface area contributed by atoms with Gasteiger partial charge in [0.25, 0.3) is 0 Å². The molecule has 1 aliphatic rings. The molecule has 1 aliphatic carbocycles. The minimum absolute atomic E-state index is 0. The molecule has 0 heterocycles. The molecule has 0 aliphatic heterocycles. The van der Waals surface area contributed by atoms with Gasteiger partial charge in [0.15, 0.2) is 0 Å². The Morgan fingerprint density at radius 2 is 2.00 bits per heavy atom. The monoisotopic (exact) mass is 253 g/mol. The topological polar surface area (TPSA) is 0 Å². The van der Waals surface area contributed by atoms with E-state index >= 15 is 0 Å². The van der Waals surface area contributed by atoms with Crippen LogP contribution in [0.2, 0.25) is 0 Å². The molecule has 0 aromatic rings. The first kappa shape index (κ1) is 19.4. The summed E-state index contributed by atoms with van der Waals surface area (Å²) < 4.78 is 0. The normalized spacial score (nSPS) is 13.1. The van der Waals surface area contributed by atoms with Crippen molar-refractivity contribution in [3.8, 4) is 0 Å². The number of allylic oxidation sites excluding steroid dienone is 4. The predicted octanol–water partition coefficient (Wildman–Crippen LogP) is -2.74. The molecule has 0 N–H and O–H groups in total. The van der Waals surface area contributed by atoms with Crippen LogP contribution in [0.25, 0.3) is 0 Å². The molecule has 0 spiro atoms. The molecule has 73 valence electrons. The second kappa shape index (κ2) is 10.9. The van der Waals surface area contributed by atoms with E-state index in [-0.39, 0.29) is 46.5 Å². The van der Waals surface area contributed by atoms with Crippen LogP contribution in [-0.4, -0.2) is 0 Å². The van der Waals surface area contributed by atoms with Crippen LogP contribution in [-0.2, 0) is 21.7 Å². The first-order chi connectivity index (χ1) is 4.84. The first-order valence-electron chi connectivity index (χ1n) is 4.11. The van der Waals surface area contributed by atoms with Crippen molar-refractivity contribution in [3.63, 3.8) is 0 Å². The van der Waals surface area contributed by atoms with E-state index in [1.807, 2.05) is 0 Å². The summed E-state index contributed by atoms with van der Waals surface area (Å²) in [5.74, 6) is 0. The molecular formula is C10H15Cl2Ti. The van der Waals surface area contributed by atoms with Gasteiger partial charge in [-0.05, 0) is 0 Å². The largest absolute Gasteiger partial charge is 3.00 e. The van der Waals surface area contributed by atoms with Crippen LogP contribution >= 0.6 is 0 Å². The van der Waals surface area contributed by atoms with Crippen molar-refractivity contribution in [2.75, 3.05) is 0 Å². The molecule has 0 fully saturated rings. The van der Waals surface area contributed by atoms with E-state index in [1.165, 1.54) is 30.4 Å². The zero-order chi connectivity index (χ0) is 7.40. The van der Waals surface area contributed by atoms with Crippen molar-refractivity contribution in [2.45, 2.75) is 39.5 Å². The zero-order valence-electron chi connectivity index (χ0n) is 8.16. The molecule has 0 nitrogen and oxygen atoms in total. The molecular weight excluding hydrogens is 239 g/mol. The van der Waals surface area contributed by atoms with E-state index < -0.39 is 0 Å². The molecule has 0 aromatic heterocycles. The molecule has 0 atom stereocenters. The third-order valence-corrected chi connectivity index (χ3v) is 1.98. The Bertz CT molecular complexity index is 174. The predicted molar refractivity (Wildman–Crippen MR) is 44.7 cm³/mol. The molecule has 1 radical (unpaired) electrons. The maximum absolute atomic E-state index is 3.30. The van der Waals surface area contributed by atoms with Gasteiger partial charge in [-0.15, -0.1) is 6.92 Å². The van der Waals surface area contributed by atoms with E-state index in [1.54, 1.807) is 0 Å². The van der Waals surface area contributed by atoms with E-state index in [4.69, 9.17) is 0 Å². The summed E-state index contributed by atoms with van der Waals surface area (Å²) >= 11 is 0. The average molecular weight is 254 g/mol. The van der Waals surface area contributed by atoms with E-state index in [9.17, 15) is 0 Å². The summed E-state index contributed by atoms with van der Waals surface area (Å²) in [4.78, 5) is 0. The molecule has 0 bridgehead atoms. The third kappa shape index (κ3) is 6.79. The molecule has 0 unspecified atom stereocenters. The van der Waals surface area contributed by atoms with Gasteiger partial charge in [0.1, 0.15) is 0 Å². The zero-order valence-corrected chi connectivity index (χ0v) is 11.2. The minimum atomic E-state index is 0. The van der Waals surface area contributed by atoms with Gasteiger partial charge in [0.05, 0.1) is 0 Å². The van der Waals surface area contributed by atoms with Crippen LogP contribution in [0, 0.1) is 6.08 Å². The molecule has 0 saturated carbocycles. The third-order valence-electron chi connectivity index (χ3n) is 1.98. The molecule has 0 aromatic carbocycles. The fraction of sp³-hybridized carbons (Fsp3) is 0.600. The Kier molecular flexibility index (Phi) is 16.2. The Balaban J connectivity index is -0.000000333. The Hall–Kier alpha value is 0.774. The van der Waals surface area contributed by atoms with Crippen molar-refractivity contribution in [1.82, 2.24) is 0 Å². The summed E-state index contributed by atoms with van der Waals surface area (Å²) in [7, 11) is 0. The Morgan fingerprint density at radius 3 is 2.38 bits per heavy atom. The number of halogens is 2. The summed E-state index contributed by atoms with van der Waals surface area (Å²) in [6.07, 6.45) is 10.4.